The van der Waals surface area contributed by atoms with Crippen LogP contribution in [-0.4, -0.2) is 28.5 Å². The summed E-state index contributed by atoms with van der Waals surface area (Å²) >= 11 is 0. The summed E-state index contributed by atoms with van der Waals surface area (Å²) in [6.07, 6.45) is 2.67. The Bertz CT molecular complexity index is 431. The number of hydrogen-bond donors (Lipinski definition) is 2. The lowest BCUT2D eigenvalue weighted by molar-refractivity contribution is 0.208. The zero-order chi connectivity index (χ0) is 11.8. The van der Waals surface area contributed by atoms with Crippen molar-refractivity contribution in [3.8, 4) is 0 Å². The highest BCUT2D eigenvalue weighted by Crippen LogP contribution is 2.16. The van der Waals surface area contributed by atoms with Crippen molar-refractivity contribution in [2.24, 2.45) is 5.73 Å². The Labute approximate surface area is 95.5 Å². The fourth-order valence-electron chi connectivity index (χ4n) is 2.25. The Morgan fingerprint density at radius 1 is 1.56 bits per heavy atom. The van der Waals surface area contributed by atoms with Gasteiger partial charge < -0.3 is 10.7 Å². The molecule has 0 spiro atoms. The number of fused-ring (bicyclic) bond motifs is 1. The van der Waals surface area contributed by atoms with Gasteiger partial charge in [-0.2, -0.15) is 0 Å². The number of nitrogens with one attached hydrogen (secondary N) is 1. The third kappa shape index (κ3) is 2.51. The van der Waals surface area contributed by atoms with E-state index >= 15 is 0 Å². The molecule has 0 saturated heterocycles. The molecule has 0 amide bonds. The van der Waals surface area contributed by atoms with E-state index < -0.39 is 0 Å². The first-order valence-corrected chi connectivity index (χ1v) is 5.66. The van der Waals surface area contributed by atoms with Crippen LogP contribution in [0.15, 0.2) is 17.1 Å². The van der Waals surface area contributed by atoms with Crippen LogP contribution in [0.1, 0.15) is 25.0 Å². The van der Waals surface area contributed by atoms with Crippen LogP contribution in [0.5, 0.6) is 0 Å². The van der Waals surface area contributed by atoms with Crippen LogP contribution in [0.4, 0.5) is 0 Å². The lowest BCUT2D eigenvalue weighted by Gasteiger charge is -2.33. The molecule has 1 aromatic heterocycles. The molecule has 0 bridgehead atoms. The molecule has 4 nitrogen and oxygen atoms in total. The minimum absolute atomic E-state index is 0.0389. The fraction of sp³-hybridized carbons (Fsp3) is 0.583. The van der Waals surface area contributed by atoms with Gasteiger partial charge in [-0.05, 0) is 31.9 Å². The maximum Gasteiger partial charge on any atom is 0.252 e. The molecule has 0 unspecified atom stereocenters. The van der Waals surface area contributed by atoms with E-state index in [9.17, 15) is 4.79 Å². The van der Waals surface area contributed by atoms with Gasteiger partial charge >= 0.3 is 0 Å². The Balaban J connectivity index is 2.17. The van der Waals surface area contributed by atoms with Crippen molar-refractivity contribution < 1.29 is 0 Å². The normalized spacial score (nSPS) is 17.2. The summed E-state index contributed by atoms with van der Waals surface area (Å²) in [5.74, 6) is 0. The third-order valence-corrected chi connectivity index (χ3v) is 2.87. The predicted octanol–water partition coefficient (Wildman–Crippen LogP) is 0.470. The van der Waals surface area contributed by atoms with Crippen molar-refractivity contribution >= 4 is 0 Å². The topological polar surface area (TPSA) is 62.1 Å². The molecular weight excluding hydrogens is 202 g/mol. The van der Waals surface area contributed by atoms with Gasteiger partial charge in [0.05, 0.1) is 0 Å². The molecular formula is C12H19N3O. The van der Waals surface area contributed by atoms with E-state index in [1.807, 2.05) is 19.9 Å². The Kier molecular flexibility index (Phi) is 2.86. The molecule has 1 aliphatic rings. The zero-order valence-electron chi connectivity index (χ0n) is 9.92. The van der Waals surface area contributed by atoms with E-state index in [2.05, 4.69) is 9.88 Å². The van der Waals surface area contributed by atoms with Gasteiger partial charge in [0.2, 0.25) is 0 Å². The molecule has 0 aliphatic carbocycles. The van der Waals surface area contributed by atoms with E-state index in [-0.39, 0.29) is 11.1 Å². The second-order valence-corrected chi connectivity index (χ2v) is 5.26. The standard InChI is InChI=1S/C12H19N3O/c1-12(2,13)8-15-6-4-9-3-5-14-11(16)10(9)7-15/h3,5H,4,6-8,13H2,1-2H3,(H,14,16). The van der Waals surface area contributed by atoms with Crippen molar-refractivity contribution in [3.63, 3.8) is 0 Å². The van der Waals surface area contributed by atoms with Gasteiger partial charge in [-0.25, -0.2) is 0 Å². The van der Waals surface area contributed by atoms with Crippen LogP contribution >= 0.6 is 0 Å². The summed E-state index contributed by atoms with van der Waals surface area (Å²) in [4.78, 5) is 16.6. The Hall–Kier alpha value is -1.13. The van der Waals surface area contributed by atoms with Crippen molar-refractivity contribution in [1.29, 1.82) is 0 Å². The monoisotopic (exact) mass is 221 g/mol. The molecule has 0 aromatic carbocycles. The third-order valence-electron chi connectivity index (χ3n) is 2.87. The molecule has 2 rings (SSSR count). The number of nitrogens with two attached hydrogens (primary N) is 1. The maximum atomic E-state index is 11.7. The summed E-state index contributed by atoms with van der Waals surface area (Å²) in [5, 5.41) is 0. The van der Waals surface area contributed by atoms with Crippen LogP contribution in [0.2, 0.25) is 0 Å². The van der Waals surface area contributed by atoms with Gasteiger partial charge in [-0.1, -0.05) is 0 Å². The predicted molar refractivity (Wildman–Crippen MR) is 64.3 cm³/mol. The average molecular weight is 221 g/mol. The Morgan fingerprint density at radius 2 is 2.31 bits per heavy atom. The van der Waals surface area contributed by atoms with E-state index in [1.54, 1.807) is 6.20 Å². The van der Waals surface area contributed by atoms with Crippen LogP contribution in [0.3, 0.4) is 0 Å². The molecule has 1 aliphatic heterocycles. The first kappa shape index (κ1) is 11.4. The van der Waals surface area contributed by atoms with Gasteiger partial charge in [0.1, 0.15) is 0 Å². The largest absolute Gasteiger partial charge is 0.329 e. The number of rotatable bonds is 2. The SMILES string of the molecule is CC(C)(N)CN1CCc2cc[nH]c(=O)c2C1. The highest BCUT2D eigenvalue weighted by molar-refractivity contribution is 5.25. The van der Waals surface area contributed by atoms with Crippen LogP contribution < -0.4 is 11.3 Å². The summed E-state index contributed by atoms with van der Waals surface area (Å²) in [6, 6.07) is 2.00. The maximum absolute atomic E-state index is 11.7. The minimum Gasteiger partial charge on any atom is -0.329 e. The van der Waals surface area contributed by atoms with Gasteiger partial charge in [-0.3, -0.25) is 9.69 Å². The highest BCUT2D eigenvalue weighted by Gasteiger charge is 2.22. The van der Waals surface area contributed by atoms with Gasteiger partial charge in [0.15, 0.2) is 0 Å². The highest BCUT2D eigenvalue weighted by atomic mass is 16.1. The number of aromatic nitrogens is 1. The molecule has 1 aromatic rings. The number of hydrogen-bond acceptors (Lipinski definition) is 3. The van der Waals surface area contributed by atoms with Crippen LogP contribution in [0.25, 0.3) is 0 Å². The summed E-state index contributed by atoms with van der Waals surface area (Å²) in [7, 11) is 0. The molecule has 16 heavy (non-hydrogen) atoms. The summed E-state index contributed by atoms with van der Waals surface area (Å²) in [5.41, 5.74) is 7.90. The van der Waals surface area contributed by atoms with Crippen molar-refractivity contribution in [3.05, 3.63) is 33.7 Å². The number of nitrogens with zero attached hydrogens (tertiary/aromatic N) is 1. The van der Waals surface area contributed by atoms with Crippen molar-refractivity contribution in [2.45, 2.75) is 32.4 Å². The first-order chi connectivity index (χ1) is 7.46. The molecule has 4 heteroatoms. The van der Waals surface area contributed by atoms with Gasteiger partial charge in [-0.15, -0.1) is 0 Å². The number of H-pyrrole nitrogens is 1. The molecule has 88 valence electrons. The minimum atomic E-state index is -0.209. The van der Waals surface area contributed by atoms with E-state index in [4.69, 9.17) is 5.73 Å². The molecule has 0 fully saturated rings. The molecule has 0 atom stereocenters. The molecule has 0 saturated carbocycles. The quantitative estimate of drug-likeness (QED) is 0.763. The van der Waals surface area contributed by atoms with Crippen LogP contribution in [0, 0.1) is 0 Å². The lowest BCUT2D eigenvalue weighted by Crippen LogP contribution is -2.47. The number of aromatic amines is 1. The lowest BCUT2D eigenvalue weighted by atomic mass is 9.99. The average Bonchev–Trinajstić information content (AvgIpc) is 2.17. The number of pyridine rings is 1. The Morgan fingerprint density at radius 3 is 3.00 bits per heavy atom. The van der Waals surface area contributed by atoms with Crippen molar-refractivity contribution in [1.82, 2.24) is 9.88 Å². The fourth-order valence-corrected chi connectivity index (χ4v) is 2.25. The molecule has 2 heterocycles. The molecule has 3 N–H and O–H groups in total. The smallest absolute Gasteiger partial charge is 0.252 e. The van der Waals surface area contributed by atoms with E-state index in [1.165, 1.54) is 5.56 Å². The van der Waals surface area contributed by atoms with Crippen LogP contribution in [-0.2, 0) is 13.0 Å². The molecule has 0 radical (unpaired) electrons. The van der Waals surface area contributed by atoms with Crippen molar-refractivity contribution in [2.75, 3.05) is 13.1 Å². The summed E-state index contributed by atoms with van der Waals surface area (Å²) in [6.45, 7) is 6.54. The van der Waals surface area contributed by atoms with E-state index in [0.717, 1.165) is 25.1 Å². The van der Waals surface area contributed by atoms with Gasteiger partial charge in [0, 0.05) is 36.9 Å². The summed E-state index contributed by atoms with van der Waals surface area (Å²) < 4.78 is 0. The zero-order valence-corrected chi connectivity index (χ0v) is 9.92. The second-order valence-electron chi connectivity index (χ2n) is 5.26. The van der Waals surface area contributed by atoms with Gasteiger partial charge in [0.25, 0.3) is 5.56 Å². The second kappa shape index (κ2) is 4.03. The first-order valence-electron chi connectivity index (χ1n) is 5.66. The van der Waals surface area contributed by atoms with E-state index in [0.29, 0.717) is 6.54 Å².